The second-order valence-corrected chi connectivity index (χ2v) is 11.8. The number of fused-ring (bicyclic) bond motifs is 2. The summed E-state index contributed by atoms with van der Waals surface area (Å²) in [5, 5.41) is 0. The second-order valence-electron chi connectivity index (χ2n) is 11.8. The molecule has 0 spiro atoms. The van der Waals surface area contributed by atoms with Crippen molar-refractivity contribution in [3.63, 3.8) is 0 Å². The van der Waals surface area contributed by atoms with Crippen molar-refractivity contribution >= 4 is 17.3 Å². The van der Waals surface area contributed by atoms with E-state index in [9.17, 15) is 14.4 Å². The lowest BCUT2D eigenvalue weighted by Crippen LogP contribution is -2.43. The number of ketones is 3. The van der Waals surface area contributed by atoms with Crippen molar-refractivity contribution in [1.29, 1.82) is 0 Å². The van der Waals surface area contributed by atoms with Crippen molar-refractivity contribution in [2.24, 2.45) is 16.2 Å². The number of carbonyl (C=O) groups is 3. The summed E-state index contributed by atoms with van der Waals surface area (Å²) in [6.07, 6.45) is 0.393. The minimum atomic E-state index is -0.754. The van der Waals surface area contributed by atoms with Crippen LogP contribution in [0.25, 0.3) is 0 Å². The molecule has 2 heterocycles. The Morgan fingerprint density at radius 2 is 1.31 bits per heavy atom. The fourth-order valence-electron chi connectivity index (χ4n) is 5.26. The summed E-state index contributed by atoms with van der Waals surface area (Å²) in [4.78, 5) is 38.1. The molecule has 0 radical (unpaired) electrons. The number of hydrogen-bond donors (Lipinski definition) is 0. The zero-order valence-corrected chi connectivity index (χ0v) is 23.5. The SMILES string of the molecule is CC1(C)COc2ccccc2C1=O.COc1ccccc1C(=O)C(C)(C)CC1(C)COc2ccccc2C1=O. The van der Waals surface area contributed by atoms with Crippen molar-refractivity contribution in [3.05, 3.63) is 89.5 Å². The zero-order valence-electron chi connectivity index (χ0n) is 23.5. The number of benzene rings is 3. The highest BCUT2D eigenvalue weighted by atomic mass is 16.5. The van der Waals surface area contributed by atoms with Crippen LogP contribution in [0.15, 0.2) is 72.8 Å². The van der Waals surface area contributed by atoms with Gasteiger partial charge < -0.3 is 14.2 Å². The molecule has 0 amide bonds. The topological polar surface area (TPSA) is 78.9 Å². The highest BCUT2D eigenvalue weighted by molar-refractivity contribution is 6.06. The Morgan fingerprint density at radius 1 is 0.795 bits per heavy atom. The Hall–Kier alpha value is -3.93. The minimum absolute atomic E-state index is 0.0280. The summed E-state index contributed by atoms with van der Waals surface area (Å²) >= 11 is 0. The molecule has 204 valence electrons. The molecule has 39 heavy (non-hydrogen) atoms. The first-order valence-electron chi connectivity index (χ1n) is 13.1. The van der Waals surface area contributed by atoms with Crippen LogP contribution in [-0.2, 0) is 0 Å². The fourth-order valence-corrected chi connectivity index (χ4v) is 5.26. The summed E-state index contributed by atoms with van der Waals surface area (Å²) in [6.45, 7) is 10.2. The molecule has 2 aliphatic rings. The van der Waals surface area contributed by atoms with Gasteiger partial charge in [0.25, 0.3) is 0 Å². The standard InChI is InChI=1S/C22H24O4.C11H12O2/c1-21(2,19(23)15-9-5-7-11-17(15)25-4)13-22(3)14-26-18-12-8-6-10-16(18)20(22)24;1-11(2)7-13-9-6-4-3-5-8(9)10(11)12/h5-12H,13-14H2,1-4H3;3-6H,7H2,1-2H3. The molecule has 0 bridgehead atoms. The van der Waals surface area contributed by atoms with Gasteiger partial charge in [-0.05, 0) is 63.6 Å². The molecule has 3 aromatic rings. The highest BCUT2D eigenvalue weighted by Crippen LogP contribution is 2.43. The van der Waals surface area contributed by atoms with E-state index < -0.39 is 10.8 Å². The third-order valence-corrected chi connectivity index (χ3v) is 7.36. The Kier molecular flexibility index (Phi) is 7.69. The quantitative estimate of drug-likeness (QED) is 0.337. The maximum absolute atomic E-state index is 13.2. The summed E-state index contributed by atoms with van der Waals surface area (Å²) in [5.74, 6) is 2.04. The van der Waals surface area contributed by atoms with Crippen LogP contribution in [0.2, 0.25) is 0 Å². The van der Waals surface area contributed by atoms with E-state index in [1.807, 2.05) is 83.1 Å². The first-order valence-corrected chi connectivity index (χ1v) is 13.1. The van der Waals surface area contributed by atoms with Crippen LogP contribution in [0.4, 0.5) is 0 Å². The molecule has 2 aliphatic heterocycles. The van der Waals surface area contributed by atoms with Gasteiger partial charge in [-0.25, -0.2) is 0 Å². The lowest BCUT2D eigenvalue weighted by atomic mass is 9.67. The summed E-state index contributed by atoms with van der Waals surface area (Å²) < 4.78 is 16.6. The second kappa shape index (κ2) is 10.7. The summed E-state index contributed by atoms with van der Waals surface area (Å²) in [7, 11) is 1.55. The molecule has 0 fully saturated rings. The number of ether oxygens (including phenoxy) is 3. The van der Waals surface area contributed by atoms with Crippen LogP contribution < -0.4 is 14.2 Å². The molecule has 6 nitrogen and oxygen atoms in total. The van der Waals surface area contributed by atoms with Crippen LogP contribution in [0.5, 0.6) is 17.2 Å². The highest BCUT2D eigenvalue weighted by Gasteiger charge is 2.46. The predicted octanol–water partition coefficient (Wildman–Crippen LogP) is 6.86. The largest absolute Gasteiger partial charge is 0.496 e. The van der Waals surface area contributed by atoms with Crippen LogP contribution in [0.3, 0.4) is 0 Å². The van der Waals surface area contributed by atoms with E-state index >= 15 is 0 Å². The van der Waals surface area contributed by atoms with Crippen molar-refractivity contribution < 1.29 is 28.6 Å². The molecular formula is C33H36O6. The van der Waals surface area contributed by atoms with Crippen molar-refractivity contribution in [2.75, 3.05) is 20.3 Å². The van der Waals surface area contributed by atoms with Gasteiger partial charge in [0, 0.05) is 5.41 Å². The van der Waals surface area contributed by atoms with Gasteiger partial charge in [-0.3, -0.25) is 14.4 Å². The molecule has 0 N–H and O–H groups in total. The molecule has 0 aromatic heterocycles. The Balaban J connectivity index is 0.000000226. The zero-order chi connectivity index (χ0) is 28.4. The number of hydrogen-bond acceptors (Lipinski definition) is 6. The molecule has 1 unspecified atom stereocenters. The van der Waals surface area contributed by atoms with Crippen molar-refractivity contribution in [3.8, 4) is 17.2 Å². The van der Waals surface area contributed by atoms with E-state index in [-0.39, 0.29) is 29.4 Å². The van der Waals surface area contributed by atoms with E-state index in [4.69, 9.17) is 14.2 Å². The van der Waals surface area contributed by atoms with E-state index in [0.29, 0.717) is 47.0 Å². The van der Waals surface area contributed by atoms with E-state index in [0.717, 1.165) is 0 Å². The van der Waals surface area contributed by atoms with Crippen LogP contribution in [0, 0.1) is 16.2 Å². The molecule has 3 aromatic carbocycles. The number of carbonyl (C=O) groups excluding carboxylic acids is 3. The first kappa shape index (κ1) is 28.1. The average Bonchev–Trinajstić information content (AvgIpc) is 2.93. The Morgan fingerprint density at radius 3 is 1.92 bits per heavy atom. The number of para-hydroxylation sites is 3. The molecular weight excluding hydrogens is 492 g/mol. The van der Waals surface area contributed by atoms with Gasteiger partial charge in [0.15, 0.2) is 17.3 Å². The maximum atomic E-state index is 13.2. The smallest absolute Gasteiger partial charge is 0.175 e. The molecule has 1 atom stereocenters. The Bertz CT molecular complexity index is 1400. The lowest BCUT2D eigenvalue weighted by molar-refractivity contribution is 0.0475. The van der Waals surface area contributed by atoms with Crippen LogP contribution >= 0.6 is 0 Å². The lowest BCUT2D eigenvalue weighted by Gasteiger charge is -2.38. The number of rotatable bonds is 5. The maximum Gasteiger partial charge on any atom is 0.175 e. The van der Waals surface area contributed by atoms with Gasteiger partial charge in [0.2, 0.25) is 0 Å². The predicted molar refractivity (Wildman–Crippen MR) is 150 cm³/mol. The van der Waals surface area contributed by atoms with Gasteiger partial charge in [0.05, 0.1) is 34.6 Å². The van der Waals surface area contributed by atoms with Gasteiger partial charge in [-0.1, -0.05) is 50.2 Å². The minimum Gasteiger partial charge on any atom is -0.496 e. The van der Waals surface area contributed by atoms with Gasteiger partial charge >= 0.3 is 0 Å². The molecule has 5 rings (SSSR count). The number of Topliss-reactive ketones (excluding diaryl/α,β-unsaturated/α-hetero) is 3. The summed E-state index contributed by atoms with van der Waals surface area (Å²) in [5.41, 5.74) is -0.0489. The first-order chi connectivity index (χ1) is 18.4. The van der Waals surface area contributed by atoms with Gasteiger partial charge in [-0.15, -0.1) is 0 Å². The third-order valence-electron chi connectivity index (χ3n) is 7.36. The molecule has 0 aliphatic carbocycles. The molecule has 6 heteroatoms. The average molecular weight is 529 g/mol. The van der Waals surface area contributed by atoms with E-state index in [1.165, 1.54) is 0 Å². The van der Waals surface area contributed by atoms with E-state index in [2.05, 4.69) is 0 Å². The van der Waals surface area contributed by atoms with Gasteiger partial charge in [0.1, 0.15) is 30.5 Å². The Labute approximate surface area is 230 Å². The van der Waals surface area contributed by atoms with Crippen LogP contribution in [0.1, 0.15) is 72.1 Å². The van der Waals surface area contributed by atoms with E-state index in [1.54, 1.807) is 31.4 Å². The summed E-state index contributed by atoms with van der Waals surface area (Å²) in [6, 6.07) is 21.9. The fraction of sp³-hybridized carbons (Fsp3) is 0.364. The normalized spacial score (nSPS) is 19.3. The monoisotopic (exact) mass is 528 g/mol. The van der Waals surface area contributed by atoms with Crippen LogP contribution in [-0.4, -0.2) is 37.7 Å². The molecule has 0 saturated carbocycles. The van der Waals surface area contributed by atoms with Gasteiger partial charge in [-0.2, -0.15) is 0 Å². The number of methoxy groups -OCH3 is 1. The van der Waals surface area contributed by atoms with Crippen molar-refractivity contribution in [1.82, 2.24) is 0 Å². The van der Waals surface area contributed by atoms with Crippen molar-refractivity contribution in [2.45, 2.75) is 41.0 Å². The molecule has 0 saturated heterocycles. The third kappa shape index (κ3) is 5.60.